The van der Waals surface area contributed by atoms with Crippen LogP contribution in [0.4, 0.5) is 0 Å². The van der Waals surface area contributed by atoms with Gasteiger partial charge in [0, 0.05) is 26.3 Å². The first-order valence-electron chi connectivity index (χ1n) is 5.50. The van der Waals surface area contributed by atoms with E-state index in [9.17, 15) is 0 Å². The van der Waals surface area contributed by atoms with E-state index < -0.39 is 0 Å². The predicted octanol–water partition coefficient (Wildman–Crippen LogP) is 2.05. The fraction of sp³-hybridized carbons (Fsp3) is 1.00. The maximum atomic E-state index is 5.09. The Balaban J connectivity index is 1.95. The zero-order chi connectivity index (χ0) is 9.68. The van der Waals surface area contributed by atoms with E-state index >= 15 is 0 Å². The van der Waals surface area contributed by atoms with Gasteiger partial charge < -0.3 is 10.1 Å². The lowest BCUT2D eigenvalue weighted by atomic mass is 10.2. The van der Waals surface area contributed by atoms with Gasteiger partial charge in [-0.3, -0.25) is 0 Å². The maximum Gasteiger partial charge on any atom is 0.0499 e. The van der Waals surface area contributed by atoms with Crippen molar-refractivity contribution >= 4 is 0 Å². The quantitative estimate of drug-likeness (QED) is 0.655. The molecule has 2 nitrogen and oxygen atoms in total. The van der Waals surface area contributed by atoms with Crippen LogP contribution in [0.15, 0.2) is 0 Å². The van der Waals surface area contributed by atoms with E-state index in [1.54, 1.807) is 7.11 Å². The molecule has 1 aliphatic rings. The highest BCUT2D eigenvalue weighted by molar-refractivity contribution is 4.92. The van der Waals surface area contributed by atoms with Crippen LogP contribution >= 0.6 is 0 Å². The van der Waals surface area contributed by atoms with Crippen molar-refractivity contribution in [1.29, 1.82) is 0 Å². The van der Waals surface area contributed by atoms with Crippen molar-refractivity contribution in [1.82, 2.24) is 5.32 Å². The smallest absolute Gasteiger partial charge is 0.0499 e. The number of rotatable bonds is 7. The van der Waals surface area contributed by atoms with Crippen molar-refractivity contribution in [3.05, 3.63) is 0 Å². The molecule has 1 fully saturated rings. The van der Waals surface area contributed by atoms with Crippen molar-refractivity contribution in [3.63, 3.8) is 0 Å². The Hall–Kier alpha value is -0.0800. The number of hydrogen-bond acceptors (Lipinski definition) is 2. The highest BCUT2D eigenvalue weighted by atomic mass is 16.5. The molecule has 0 radical (unpaired) electrons. The molecular formula is C11H23NO. The van der Waals surface area contributed by atoms with Crippen LogP contribution in [-0.2, 0) is 4.74 Å². The normalized spacial score (nSPS) is 28.8. The molecule has 0 bridgehead atoms. The van der Waals surface area contributed by atoms with Crippen LogP contribution in [0.2, 0.25) is 0 Å². The molecule has 1 rings (SSSR count). The Morgan fingerprint density at radius 2 is 2.31 bits per heavy atom. The van der Waals surface area contributed by atoms with Gasteiger partial charge >= 0.3 is 0 Å². The van der Waals surface area contributed by atoms with Crippen molar-refractivity contribution in [2.24, 2.45) is 11.8 Å². The standard InChI is InChI=1S/C11H23NO/c1-4-5-10-6-11(10)12-7-9(2)8-13-3/h9-12H,4-8H2,1-3H3. The molecule has 2 heteroatoms. The molecule has 0 amide bonds. The Labute approximate surface area is 82.0 Å². The minimum Gasteiger partial charge on any atom is -0.384 e. The van der Waals surface area contributed by atoms with E-state index in [1.165, 1.54) is 19.3 Å². The van der Waals surface area contributed by atoms with Gasteiger partial charge in [-0.2, -0.15) is 0 Å². The SMILES string of the molecule is CCCC1CC1NCC(C)COC. The van der Waals surface area contributed by atoms with Gasteiger partial charge in [0.25, 0.3) is 0 Å². The summed E-state index contributed by atoms with van der Waals surface area (Å²) in [6.45, 7) is 6.48. The van der Waals surface area contributed by atoms with Crippen molar-refractivity contribution in [3.8, 4) is 0 Å². The van der Waals surface area contributed by atoms with Crippen LogP contribution in [-0.4, -0.2) is 26.3 Å². The zero-order valence-electron chi connectivity index (χ0n) is 9.18. The molecule has 13 heavy (non-hydrogen) atoms. The lowest BCUT2D eigenvalue weighted by Gasteiger charge is -2.10. The van der Waals surface area contributed by atoms with Crippen LogP contribution < -0.4 is 5.32 Å². The first kappa shape index (κ1) is 11.0. The van der Waals surface area contributed by atoms with Crippen molar-refractivity contribution < 1.29 is 4.74 Å². The fourth-order valence-electron chi connectivity index (χ4n) is 1.88. The molecule has 1 saturated carbocycles. The third-order valence-electron chi connectivity index (χ3n) is 2.76. The monoisotopic (exact) mass is 185 g/mol. The number of methoxy groups -OCH3 is 1. The summed E-state index contributed by atoms with van der Waals surface area (Å²) in [6, 6.07) is 0.819. The summed E-state index contributed by atoms with van der Waals surface area (Å²) in [4.78, 5) is 0. The molecule has 1 N–H and O–H groups in total. The molecule has 0 saturated heterocycles. The molecule has 78 valence electrons. The Bertz CT molecular complexity index is 138. The van der Waals surface area contributed by atoms with Crippen LogP contribution in [0.5, 0.6) is 0 Å². The summed E-state index contributed by atoms with van der Waals surface area (Å²) in [6.07, 6.45) is 4.13. The summed E-state index contributed by atoms with van der Waals surface area (Å²) in [7, 11) is 1.77. The first-order valence-corrected chi connectivity index (χ1v) is 5.50. The van der Waals surface area contributed by atoms with Crippen LogP contribution in [0, 0.1) is 11.8 Å². The van der Waals surface area contributed by atoms with Gasteiger partial charge in [0.05, 0.1) is 0 Å². The Morgan fingerprint density at radius 3 is 2.92 bits per heavy atom. The summed E-state index contributed by atoms with van der Waals surface area (Å²) in [5.74, 6) is 1.62. The second-order valence-electron chi connectivity index (χ2n) is 4.36. The third kappa shape index (κ3) is 4.10. The minimum atomic E-state index is 0.646. The van der Waals surface area contributed by atoms with Crippen LogP contribution in [0.1, 0.15) is 33.1 Å². The van der Waals surface area contributed by atoms with Gasteiger partial charge in [0.15, 0.2) is 0 Å². The number of hydrogen-bond donors (Lipinski definition) is 1. The van der Waals surface area contributed by atoms with Gasteiger partial charge in [-0.1, -0.05) is 20.3 Å². The van der Waals surface area contributed by atoms with Crippen molar-refractivity contribution in [2.45, 2.75) is 39.2 Å². The van der Waals surface area contributed by atoms with E-state index in [0.29, 0.717) is 5.92 Å². The second-order valence-corrected chi connectivity index (χ2v) is 4.36. The Morgan fingerprint density at radius 1 is 1.54 bits per heavy atom. The average molecular weight is 185 g/mol. The molecule has 0 spiro atoms. The molecule has 0 aromatic rings. The largest absolute Gasteiger partial charge is 0.384 e. The van der Waals surface area contributed by atoms with E-state index in [1.807, 2.05) is 0 Å². The zero-order valence-corrected chi connectivity index (χ0v) is 9.18. The van der Waals surface area contributed by atoms with E-state index in [-0.39, 0.29) is 0 Å². The maximum absolute atomic E-state index is 5.09. The topological polar surface area (TPSA) is 21.3 Å². The number of ether oxygens (including phenoxy) is 1. The van der Waals surface area contributed by atoms with E-state index in [2.05, 4.69) is 19.2 Å². The lowest BCUT2D eigenvalue weighted by molar-refractivity contribution is 0.158. The first-order chi connectivity index (χ1) is 6.27. The number of nitrogens with one attached hydrogen (secondary N) is 1. The predicted molar refractivity (Wildman–Crippen MR) is 55.8 cm³/mol. The average Bonchev–Trinajstić information content (AvgIpc) is 2.82. The fourth-order valence-corrected chi connectivity index (χ4v) is 1.88. The van der Waals surface area contributed by atoms with Crippen LogP contribution in [0.3, 0.4) is 0 Å². The van der Waals surface area contributed by atoms with Gasteiger partial charge in [0.1, 0.15) is 0 Å². The summed E-state index contributed by atoms with van der Waals surface area (Å²) < 4.78 is 5.09. The highest BCUT2D eigenvalue weighted by Gasteiger charge is 2.35. The molecule has 0 aromatic carbocycles. The van der Waals surface area contributed by atoms with Gasteiger partial charge in [-0.15, -0.1) is 0 Å². The highest BCUT2D eigenvalue weighted by Crippen LogP contribution is 2.34. The third-order valence-corrected chi connectivity index (χ3v) is 2.76. The summed E-state index contributed by atoms with van der Waals surface area (Å²) >= 11 is 0. The minimum absolute atomic E-state index is 0.646. The van der Waals surface area contributed by atoms with E-state index in [4.69, 9.17) is 4.74 Å². The van der Waals surface area contributed by atoms with Gasteiger partial charge in [0.2, 0.25) is 0 Å². The molecule has 3 atom stereocenters. The molecule has 3 unspecified atom stereocenters. The molecule has 1 aliphatic carbocycles. The van der Waals surface area contributed by atoms with Gasteiger partial charge in [-0.05, 0) is 24.7 Å². The van der Waals surface area contributed by atoms with Crippen LogP contribution in [0.25, 0.3) is 0 Å². The molecule has 0 aromatic heterocycles. The molecular weight excluding hydrogens is 162 g/mol. The summed E-state index contributed by atoms with van der Waals surface area (Å²) in [5.41, 5.74) is 0. The molecule has 0 aliphatic heterocycles. The second kappa shape index (κ2) is 5.61. The molecule has 0 heterocycles. The Kier molecular flexibility index (Phi) is 4.74. The van der Waals surface area contributed by atoms with Crippen molar-refractivity contribution in [2.75, 3.05) is 20.3 Å². The summed E-state index contributed by atoms with van der Waals surface area (Å²) in [5, 5.41) is 3.60. The van der Waals surface area contributed by atoms with Gasteiger partial charge in [-0.25, -0.2) is 0 Å². The van der Waals surface area contributed by atoms with E-state index in [0.717, 1.165) is 25.1 Å². The lowest BCUT2D eigenvalue weighted by Crippen LogP contribution is -2.26.